The Labute approximate surface area is 142 Å². The SMILES string of the molecule is COc1c(Cl)cc(C(=O)Nc2ccc(C)cc2[N+](=O)[O-])cc1Cl. The predicted octanol–water partition coefficient (Wildman–Crippen LogP) is 4.47. The van der Waals surface area contributed by atoms with Gasteiger partial charge in [0.15, 0.2) is 5.75 Å². The van der Waals surface area contributed by atoms with Gasteiger partial charge in [-0.2, -0.15) is 0 Å². The first kappa shape index (κ1) is 17.1. The molecule has 0 saturated carbocycles. The quantitative estimate of drug-likeness (QED) is 0.648. The highest BCUT2D eigenvalue weighted by molar-refractivity contribution is 6.37. The molecule has 0 aliphatic carbocycles. The van der Waals surface area contributed by atoms with Gasteiger partial charge in [0, 0.05) is 11.6 Å². The minimum atomic E-state index is -0.566. The summed E-state index contributed by atoms with van der Waals surface area (Å²) in [4.78, 5) is 22.8. The number of hydrogen-bond donors (Lipinski definition) is 1. The topological polar surface area (TPSA) is 81.5 Å². The molecule has 2 rings (SSSR count). The molecule has 1 amide bonds. The van der Waals surface area contributed by atoms with Gasteiger partial charge in [-0.1, -0.05) is 29.3 Å². The Morgan fingerprint density at radius 2 is 1.83 bits per heavy atom. The molecule has 0 atom stereocenters. The Balaban J connectivity index is 2.35. The maximum absolute atomic E-state index is 12.3. The highest BCUT2D eigenvalue weighted by atomic mass is 35.5. The summed E-state index contributed by atoms with van der Waals surface area (Å²) >= 11 is 12.0. The molecule has 0 radical (unpaired) electrons. The fourth-order valence-corrected chi connectivity index (χ4v) is 2.62. The first-order valence-corrected chi connectivity index (χ1v) is 7.18. The Morgan fingerprint density at radius 1 is 1.22 bits per heavy atom. The number of halogens is 2. The zero-order valence-electron chi connectivity index (χ0n) is 12.2. The highest BCUT2D eigenvalue weighted by Gasteiger charge is 2.18. The number of carbonyl (C=O) groups is 1. The molecule has 0 aliphatic rings. The van der Waals surface area contributed by atoms with Crippen molar-refractivity contribution in [1.29, 1.82) is 0 Å². The second kappa shape index (κ2) is 6.85. The van der Waals surface area contributed by atoms with Gasteiger partial charge in [-0.15, -0.1) is 0 Å². The fraction of sp³-hybridized carbons (Fsp3) is 0.133. The van der Waals surface area contributed by atoms with Crippen molar-refractivity contribution in [3.8, 4) is 5.75 Å². The minimum Gasteiger partial charge on any atom is -0.494 e. The summed E-state index contributed by atoms with van der Waals surface area (Å²) in [6, 6.07) is 7.27. The highest BCUT2D eigenvalue weighted by Crippen LogP contribution is 2.34. The van der Waals surface area contributed by atoms with Crippen LogP contribution in [0.5, 0.6) is 5.75 Å². The molecule has 0 unspecified atom stereocenters. The minimum absolute atomic E-state index is 0.0914. The zero-order valence-corrected chi connectivity index (χ0v) is 13.7. The lowest BCUT2D eigenvalue weighted by Crippen LogP contribution is -2.13. The van der Waals surface area contributed by atoms with E-state index in [0.29, 0.717) is 5.56 Å². The molecule has 6 nitrogen and oxygen atoms in total. The first-order valence-electron chi connectivity index (χ1n) is 6.43. The van der Waals surface area contributed by atoms with Gasteiger partial charge in [0.25, 0.3) is 11.6 Å². The molecule has 2 aromatic carbocycles. The van der Waals surface area contributed by atoms with Crippen molar-refractivity contribution in [3.05, 3.63) is 61.6 Å². The van der Waals surface area contributed by atoms with Gasteiger partial charge in [0.1, 0.15) is 5.69 Å². The Kier molecular flexibility index (Phi) is 5.08. The van der Waals surface area contributed by atoms with Crippen molar-refractivity contribution in [2.75, 3.05) is 12.4 Å². The molecule has 23 heavy (non-hydrogen) atoms. The van der Waals surface area contributed by atoms with Crippen molar-refractivity contribution in [2.24, 2.45) is 0 Å². The van der Waals surface area contributed by atoms with Crippen LogP contribution < -0.4 is 10.1 Å². The van der Waals surface area contributed by atoms with E-state index in [-0.39, 0.29) is 32.7 Å². The summed E-state index contributed by atoms with van der Waals surface area (Å²) in [5.74, 6) is -0.311. The Bertz CT molecular complexity index is 770. The average molecular weight is 355 g/mol. The smallest absolute Gasteiger partial charge is 0.293 e. The van der Waals surface area contributed by atoms with Gasteiger partial charge >= 0.3 is 0 Å². The van der Waals surface area contributed by atoms with E-state index >= 15 is 0 Å². The number of nitro groups is 1. The van der Waals surface area contributed by atoms with E-state index < -0.39 is 10.8 Å². The maximum Gasteiger partial charge on any atom is 0.293 e. The van der Waals surface area contributed by atoms with Crippen LogP contribution in [0.1, 0.15) is 15.9 Å². The molecule has 0 saturated heterocycles. The summed E-state index contributed by atoms with van der Waals surface area (Å²) in [5, 5.41) is 13.9. The third kappa shape index (κ3) is 3.72. The van der Waals surface area contributed by atoms with Crippen LogP contribution in [0.15, 0.2) is 30.3 Å². The number of nitro benzene ring substituents is 1. The average Bonchev–Trinajstić information content (AvgIpc) is 2.48. The normalized spacial score (nSPS) is 10.3. The van der Waals surface area contributed by atoms with Crippen molar-refractivity contribution < 1.29 is 14.5 Å². The molecular formula is C15H12Cl2N2O4. The van der Waals surface area contributed by atoms with Crippen LogP contribution in [0.3, 0.4) is 0 Å². The number of ether oxygens (including phenoxy) is 1. The van der Waals surface area contributed by atoms with E-state index in [0.717, 1.165) is 0 Å². The second-order valence-electron chi connectivity index (χ2n) is 4.70. The fourth-order valence-electron chi connectivity index (χ4n) is 1.98. The second-order valence-corrected chi connectivity index (χ2v) is 5.52. The lowest BCUT2D eigenvalue weighted by molar-refractivity contribution is -0.384. The molecule has 0 aromatic heterocycles. The molecule has 120 valence electrons. The van der Waals surface area contributed by atoms with Crippen molar-refractivity contribution in [3.63, 3.8) is 0 Å². The molecule has 8 heteroatoms. The van der Waals surface area contributed by atoms with E-state index in [2.05, 4.69) is 5.32 Å². The number of aryl methyl sites for hydroxylation is 1. The Morgan fingerprint density at radius 3 is 2.35 bits per heavy atom. The molecule has 0 aliphatic heterocycles. The van der Waals surface area contributed by atoms with Crippen LogP contribution in [0, 0.1) is 17.0 Å². The standard InChI is InChI=1S/C15H12Cl2N2O4/c1-8-3-4-12(13(5-8)19(21)22)18-15(20)9-6-10(16)14(23-2)11(17)7-9/h3-7H,1-2H3,(H,18,20). The number of anilines is 1. The summed E-state index contributed by atoms with van der Waals surface area (Å²) in [6.45, 7) is 1.72. The monoisotopic (exact) mass is 354 g/mol. The van der Waals surface area contributed by atoms with Crippen molar-refractivity contribution >= 4 is 40.5 Å². The lowest BCUT2D eigenvalue weighted by atomic mass is 10.1. The van der Waals surface area contributed by atoms with Crippen LogP contribution in [-0.2, 0) is 0 Å². The lowest BCUT2D eigenvalue weighted by Gasteiger charge is -2.10. The van der Waals surface area contributed by atoms with Gasteiger partial charge in [0.05, 0.1) is 22.1 Å². The summed E-state index contributed by atoms with van der Waals surface area (Å²) in [7, 11) is 1.41. The van der Waals surface area contributed by atoms with Crippen molar-refractivity contribution in [2.45, 2.75) is 6.92 Å². The molecule has 1 N–H and O–H groups in total. The number of hydrogen-bond acceptors (Lipinski definition) is 4. The summed E-state index contributed by atoms with van der Waals surface area (Å²) < 4.78 is 5.01. The number of methoxy groups -OCH3 is 1. The van der Waals surface area contributed by atoms with Gasteiger partial charge < -0.3 is 10.1 Å². The van der Waals surface area contributed by atoms with E-state index in [1.54, 1.807) is 13.0 Å². The zero-order chi connectivity index (χ0) is 17.1. The predicted molar refractivity (Wildman–Crippen MR) is 88.8 cm³/mol. The summed E-state index contributed by atoms with van der Waals surface area (Å²) in [6.07, 6.45) is 0. The van der Waals surface area contributed by atoms with E-state index in [9.17, 15) is 14.9 Å². The van der Waals surface area contributed by atoms with Crippen LogP contribution >= 0.6 is 23.2 Å². The van der Waals surface area contributed by atoms with Gasteiger partial charge in [-0.25, -0.2) is 0 Å². The Hall–Kier alpha value is -2.31. The molecule has 0 bridgehead atoms. The van der Waals surface area contributed by atoms with Gasteiger partial charge in [-0.05, 0) is 30.7 Å². The maximum atomic E-state index is 12.3. The van der Waals surface area contributed by atoms with Gasteiger partial charge in [0.2, 0.25) is 0 Å². The number of nitrogens with zero attached hydrogens (tertiary/aromatic N) is 1. The van der Waals surface area contributed by atoms with Crippen LogP contribution in [0.25, 0.3) is 0 Å². The third-order valence-corrected chi connectivity index (χ3v) is 3.62. The molecule has 0 heterocycles. The van der Waals surface area contributed by atoms with Crippen LogP contribution in [0.4, 0.5) is 11.4 Å². The van der Waals surface area contributed by atoms with E-state index in [1.165, 1.54) is 31.4 Å². The van der Waals surface area contributed by atoms with Crippen LogP contribution in [-0.4, -0.2) is 17.9 Å². The largest absolute Gasteiger partial charge is 0.494 e. The van der Waals surface area contributed by atoms with E-state index in [1.807, 2.05) is 0 Å². The number of benzene rings is 2. The molecular weight excluding hydrogens is 343 g/mol. The van der Waals surface area contributed by atoms with Gasteiger partial charge in [-0.3, -0.25) is 14.9 Å². The number of amides is 1. The molecule has 0 fully saturated rings. The molecule has 2 aromatic rings. The number of carbonyl (C=O) groups excluding carboxylic acids is 1. The van der Waals surface area contributed by atoms with Crippen LogP contribution in [0.2, 0.25) is 10.0 Å². The van der Waals surface area contributed by atoms with Crippen molar-refractivity contribution in [1.82, 2.24) is 0 Å². The first-order chi connectivity index (χ1) is 10.8. The summed E-state index contributed by atoms with van der Waals surface area (Å²) in [5.41, 5.74) is 0.777. The number of nitrogens with one attached hydrogen (secondary N) is 1. The number of rotatable bonds is 4. The third-order valence-electron chi connectivity index (χ3n) is 3.06. The van der Waals surface area contributed by atoms with E-state index in [4.69, 9.17) is 27.9 Å². The molecule has 0 spiro atoms.